The number of hydrogen-bond acceptors (Lipinski definition) is 6. The van der Waals surface area contributed by atoms with E-state index in [2.05, 4.69) is 25.1 Å². The van der Waals surface area contributed by atoms with Crippen LogP contribution >= 0.6 is 11.8 Å². The summed E-state index contributed by atoms with van der Waals surface area (Å²) in [6, 6.07) is 1.92. The van der Waals surface area contributed by atoms with E-state index in [4.69, 9.17) is 4.52 Å². The molecule has 0 aliphatic rings. The van der Waals surface area contributed by atoms with Crippen LogP contribution in [0.1, 0.15) is 11.5 Å². The van der Waals surface area contributed by atoms with Gasteiger partial charge in [-0.25, -0.2) is 15.0 Å². The predicted octanol–water partition coefficient (Wildman–Crippen LogP) is 1.94. The Bertz CT molecular complexity index is 647. The monoisotopic (exact) mass is 247 g/mol. The maximum absolute atomic E-state index is 5.14. The highest BCUT2D eigenvalue weighted by Crippen LogP contribution is 2.25. The number of nitrogens with one attached hydrogen (secondary N) is 1. The lowest BCUT2D eigenvalue weighted by Crippen LogP contribution is -1.86. The largest absolute Gasteiger partial charge is 0.360 e. The van der Waals surface area contributed by atoms with Gasteiger partial charge in [-0.05, 0) is 6.92 Å². The highest BCUT2D eigenvalue weighted by molar-refractivity contribution is 7.98. The smallest absolute Gasteiger partial charge is 0.181 e. The van der Waals surface area contributed by atoms with E-state index in [1.165, 1.54) is 6.33 Å². The van der Waals surface area contributed by atoms with Gasteiger partial charge in [0.15, 0.2) is 5.65 Å². The molecule has 0 saturated heterocycles. The lowest BCUT2D eigenvalue weighted by Gasteiger charge is -1.98. The summed E-state index contributed by atoms with van der Waals surface area (Å²) < 4.78 is 5.14. The average Bonchev–Trinajstić information content (AvgIpc) is 2.94. The quantitative estimate of drug-likeness (QED) is 0.562. The Hall–Kier alpha value is -1.89. The molecule has 3 aromatic heterocycles. The summed E-state index contributed by atoms with van der Waals surface area (Å²) in [5.74, 6) is 1.52. The van der Waals surface area contributed by atoms with Gasteiger partial charge < -0.3 is 9.51 Å². The average molecular weight is 247 g/mol. The van der Waals surface area contributed by atoms with Gasteiger partial charge in [0.05, 0.1) is 17.8 Å². The second-order valence-corrected chi connectivity index (χ2v) is 4.47. The van der Waals surface area contributed by atoms with Crippen molar-refractivity contribution in [2.45, 2.75) is 17.7 Å². The molecule has 7 heteroatoms. The van der Waals surface area contributed by atoms with Crippen LogP contribution in [0.5, 0.6) is 0 Å². The van der Waals surface area contributed by atoms with Crippen LogP contribution < -0.4 is 0 Å². The van der Waals surface area contributed by atoms with Gasteiger partial charge in [0.1, 0.15) is 22.6 Å². The van der Waals surface area contributed by atoms with Crippen LogP contribution in [0.2, 0.25) is 0 Å². The first-order valence-corrected chi connectivity index (χ1v) is 6.00. The van der Waals surface area contributed by atoms with Crippen molar-refractivity contribution in [2.24, 2.45) is 0 Å². The van der Waals surface area contributed by atoms with Crippen molar-refractivity contribution >= 4 is 22.9 Å². The summed E-state index contributed by atoms with van der Waals surface area (Å²) in [6.45, 7) is 1.90. The number of rotatable bonds is 3. The Balaban J connectivity index is 1.83. The van der Waals surface area contributed by atoms with Crippen LogP contribution in [0.4, 0.5) is 0 Å². The van der Waals surface area contributed by atoms with Gasteiger partial charge in [0.25, 0.3) is 0 Å². The molecule has 6 nitrogen and oxygen atoms in total. The lowest BCUT2D eigenvalue weighted by molar-refractivity contribution is 0.391. The van der Waals surface area contributed by atoms with E-state index >= 15 is 0 Å². The summed E-state index contributed by atoms with van der Waals surface area (Å²) in [7, 11) is 0. The van der Waals surface area contributed by atoms with E-state index in [0.29, 0.717) is 11.4 Å². The third-order valence-corrected chi connectivity index (χ3v) is 3.23. The number of fused-ring (bicyclic) bond motifs is 1. The van der Waals surface area contributed by atoms with Gasteiger partial charge in [-0.2, -0.15) is 0 Å². The number of imidazole rings is 1. The van der Waals surface area contributed by atoms with E-state index in [-0.39, 0.29) is 0 Å². The number of aromatic amines is 1. The molecule has 3 rings (SSSR count). The van der Waals surface area contributed by atoms with Crippen molar-refractivity contribution in [3.8, 4) is 0 Å². The molecule has 17 heavy (non-hydrogen) atoms. The Morgan fingerprint density at radius 2 is 2.29 bits per heavy atom. The normalized spacial score (nSPS) is 11.1. The van der Waals surface area contributed by atoms with Gasteiger partial charge in [0.2, 0.25) is 0 Å². The number of nitrogens with zero attached hydrogens (tertiary/aromatic N) is 4. The van der Waals surface area contributed by atoms with Crippen molar-refractivity contribution in [1.82, 2.24) is 25.1 Å². The number of aromatic nitrogens is 5. The van der Waals surface area contributed by atoms with Crippen molar-refractivity contribution in [1.29, 1.82) is 0 Å². The SMILES string of the molecule is Cc1cc(CSc2ncnc3nc[nH]c23)on1. The van der Waals surface area contributed by atoms with Gasteiger partial charge in [-0.1, -0.05) is 16.9 Å². The Labute approximate surface area is 101 Å². The predicted molar refractivity (Wildman–Crippen MR) is 62.5 cm³/mol. The topological polar surface area (TPSA) is 80.5 Å². The molecule has 86 valence electrons. The Kier molecular flexibility index (Phi) is 2.52. The van der Waals surface area contributed by atoms with Crippen LogP contribution in [0, 0.1) is 6.92 Å². The molecule has 0 aromatic carbocycles. The van der Waals surface area contributed by atoms with Gasteiger partial charge in [-0.3, -0.25) is 0 Å². The number of aryl methyl sites for hydroxylation is 1. The van der Waals surface area contributed by atoms with Crippen molar-refractivity contribution in [2.75, 3.05) is 0 Å². The fourth-order valence-electron chi connectivity index (χ4n) is 1.48. The minimum Gasteiger partial charge on any atom is -0.360 e. The zero-order valence-corrected chi connectivity index (χ0v) is 9.86. The number of hydrogen-bond donors (Lipinski definition) is 1. The van der Waals surface area contributed by atoms with Crippen LogP contribution in [0.3, 0.4) is 0 Å². The van der Waals surface area contributed by atoms with Gasteiger partial charge in [0, 0.05) is 6.07 Å². The second kappa shape index (κ2) is 4.17. The highest BCUT2D eigenvalue weighted by Gasteiger charge is 2.08. The van der Waals surface area contributed by atoms with E-state index in [9.17, 15) is 0 Å². The maximum Gasteiger partial charge on any atom is 0.181 e. The minimum atomic E-state index is 0.677. The summed E-state index contributed by atoms with van der Waals surface area (Å²) in [5, 5.41) is 4.70. The van der Waals surface area contributed by atoms with Crippen molar-refractivity contribution in [3.05, 3.63) is 30.2 Å². The highest BCUT2D eigenvalue weighted by atomic mass is 32.2. The molecule has 3 heterocycles. The Morgan fingerprint density at radius 1 is 1.35 bits per heavy atom. The molecule has 0 atom stereocenters. The molecule has 0 fully saturated rings. The van der Waals surface area contributed by atoms with Gasteiger partial charge in [-0.15, -0.1) is 0 Å². The lowest BCUT2D eigenvalue weighted by atomic mass is 10.4. The zero-order chi connectivity index (χ0) is 11.7. The van der Waals surface area contributed by atoms with E-state index in [0.717, 1.165) is 22.0 Å². The molecular weight excluding hydrogens is 238 g/mol. The van der Waals surface area contributed by atoms with Crippen LogP contribution in [-0.4, -0.2) is 25.1 Å². The van der Waals surface area contributed by atoms with Crippen molar-refractivity contribution < 1.29 is 4.52 Å². The maximum atomic E-state index is 5.14. The molecule has 0 unspecified atom stereocenters. The van der Waals surface area contributed by atoms with Crippen LogP contribution in [0.25, 0.3) is 11.2 Å². The molecular formula is C10H9N5OS. The number of thioether (sulfide) groups is 1. The summed E-state index contributed by atoms with van der Waals surface area (Å²) in [6.07, 6.45) is 3.12. The molecule has 1 N–H and O–H groups in total. The molecule has 0 amide bonds. The Morgan fingerprint density at radius 3 is 3.12 bits per heavy atom. The van der Waals surface area contributed by atoms with E-state index in [1.54, 1.807) is 18.1 Å². The second-order valence-electron chi connectivity index (χ2n) is 3.50. The summed E-state index contributed by atoms with van der Waals surface area (Å²) >= 11 is 1.56. The first kappa shape index (κ1) is 10.3. The third-order valence-electron chi connectivity index (χ3n) is 2.22. The zero-order valence-electron chi connectivity index (χ0n) is 9.04. The molecule has 0 aliphatic heterocycles. The summed E-state index contributed by atoms with van der Waals surface area (Å²) in [4.78, 5) is 15.4. The first-order chi connectivity index (χ1) is 8.33. The molecule has 0 radical (unpaired) electrons. The molecule has 0 bridgehead atoms. The molecule has 0 saturated carbocycles. The fourth-order valence-corrected chi connectivity index (χ4v) is 2.31. The fraction of sp³-hybridized carbons (Fsp3) is 0.200. The third kappa shape index (κ3) is 2.01. The van der Waals surface area contributed by atoms with Crippen LogP contribution in [-0.2, 0) is 5.75 Å². The van der Waals surface area contributed by atoms with E-state index < -0.39 is 0 Å². The molecule has 0 aliphatic carbocycles. The number of H-pyrrole nitrogens is 1. The van der Waals surface area contributed by atoms with Crippen molar-refractivity contribution in [3.63, 3.8) is 0 Å². The molecule has 0 spiro atoms. The van der Waals surface area contributed by atoms with Gasteiger partial charge >= 0.3 is 0 Å². The minimum absolute atomic E-state index is 0.677. The van der Waals surface area contributed by atoms with Crippen LogP contribution in [0.15, 0.2) is 28.3 Å². The summed E-state index contributed by atoms with van der Waals surface area (Å²) in [5.41, 5.74) is 2.42. The first-order valence-electron chi connectivity index (χ1n) is 5.02. The van der Waals surface area contributed by atoms with E-state index in [1.807, 2.05) is 13.0 Å². The standard InChI is InChI=1S/C10H9N5OS/c1-6-2-7(16-15-6)3-17-10-8-9(12-4-11-8)13-5-14-10/h2,4-5H,3H2,1H3,(H,11,12,13,14). The molecule has 3 aromatic rings.